The summed E-state index contributed by atoms with van der Waals surface area (Å²) >= 11 is 1.34. The standard InChI is InChI=1S/C19H23N5O2S/c1-13-2-4-14(5-3-13)9-20-17(26)18-23-22-16(27-18)10-24-7-6-19(12-24)8-15(25)21-11-19/h2-5H,6-12H2,1H3,(H,20,26)(H,21,25). The number of aromatic nitrogens is 2. The SMILES string of the molecule is Cc1ccc(CNC(=O)c2nnc(CN3CCC4(CNC(=O)C4)C3)s2)cc1. The predicted molar refractivity (Wildman–Crippen MR) is 102 cm³/mol. The van der Waals surface area contributed by atoms with Crippen molar-refractivity contribution in [3.63, 3.8) is 0 Å². The van der Waals surface area contributed by atoms with Crippen LogP contribution in [0.5, 0.6) is 0 Å². The topological polar surface area (TPSA) is 87.2 Å². The van der Waals surface area contributed by atoms with Gasteiger partial charge in [0.15, 0.2) is 0 Å². The number of likely N-dealkylation sites (tertiary alicyclic amines) is 1. The monoisotopic (exact) mass is 385 g/mol. The highest BCUT2D eigenvalue weighted by Gasteiger charge is 2.43. The summed E-state index contributed by atoms with van der Waals surface area (Å²) in [6.07, 6.45) is 1.64. The zero-order valence-electron chi connectivity index (χ0n) is 15.3. The van der Waals surface area contributed by atoms with Crippen molar-refractivity contribution in [2.75, 3.05) is 19.6 Å². The molecule has 1 aromatic heterocycles. The molecule has 7 nitrogen and oxygen atoms in total. The number of aryl methyl sites for hydroxylation is 1. The number of carbonyl (C=O) groups is 2. The summed E-state index contributed by atoms with van der Waals surface area (Å²) in [5, 5.41) is 15.3. The molecule has 2 N–H and O–H groups in total. The second-order valence-corrected chi connectivity index (χ2v) is 8.65. The molecule has 4 rings (SSSR count). The number of benzene rings is 1. The molecule has 2 aromatic rings. The van der Waals surface area contributed by atoms with Crippen LogP contribution in [0.1, 0.15) is 38.8 Å². The number of nitrogens with zero attached hydrogens (tertiary/aromatic N) is 3. The van der Waals surface area contributed by atoms with E-state index in [9.17, 15) is 9.59 Å². The summed E-state index contributed by atoms with van der Waals surface area (Å²) in [6.45, 7) is 5.80. The number of carbonyl (C=O) groups excluding carboxylic acids is 2. The summed E-state index contributed by atoms with van der Waals surface area (Å²) in [4.78, 5) is 26.1. The predicted octanol–water partition coefficient (Wildman–Crippen LogP) is 1.49. The molecule has 2 fully saturated rings. The van der Waals surface area contributed by atoms with E-state index in [-0.39, 0.29) is 17.2 Å². The molecular weight excluding hydrogens is 362 g/mol. The molecule has 1 aromatic carbocycles. The van der Waals surface area contributed by atoms with Crippen LogP contribution in [0.25, 0.3) is 0 Å². The highest BCUT2D eigenvalue weighted by atomic mass is 32.1. The minimum absolute atomic E-state index is 0.0794. The Labute approximate surface area is 162 Å². The number of amides is 2. The van der Waals surface area contributed by atoms with Gasteiger partial charge in [-0.3, -0.25) is 14.5 Å². The number of hydrogen-bond donors (Lipinski definition) is 2. The van der Waals surface area contributed by atoms with E-state index in [1.165, 1.54) is 16.9 Å². The fourth-order valence-corrected chi connectivity index (χ4v) is 4.57. The molecule has 27 heavy (non-hydrogen) atoms. The van der Waals surface area contributed by atoms with Crippen LogP contribution < -0.4 is 10.6 Å². The zero-order chi connectivity index (χ0) is 18.9. The van der Waals surface area contributed by atoms with E-state index in [1.54, 1.807) is 0 Å². The molecule has 2 saturated heterocycles. The third-order valence-corrected chi connectivity index (χ3v) is 6.21. The second kappa shape index (κ2) is 7.36. The van der Waals surface area contributed by atoms with Gasteiger partial charge in [-0.2, -0.15) is 0 Å². The van der Waals surface area contributed by atoms with E-state index < -0.39 is 0 Å². The van der Waals surface area contributed by atoms with Gasteiger partial charge in [-0.1, -0.05) is 41.2 Å². The maximum Gasteiger partial charge on any atom is 0.282 e. The molecule has 1 spiro atoms. The zero-order valence-corrected chi connectivity index (χ0v) is 16.1. The summed E-state index contributed by atoms with van der Waals surface area (Å²) in [5.74, 6) is -0.0388. The van der Waals surface area contributed by atoms with Crippen molar-refractivity contribution >= 4 is 23.2 Å². The molecule has 0 saturated carbocycles. The van der Waals surface area contributed by atoms with Crippen molar-refractivity contribution in [1.29, 1.82) is 0 Å². The molecule has 1 unspecified atom stereocenters. The van der Waals surface area contributed by atoms with Crippen LogP contribution in [0.4, 0.5) is 0 Å². The Morgan fingerprint density at radius 3 is 2.89 bits per heavy atom. The van der Waals surface area contributed by atoms with Gasteiger partial charge in [0, 0.05) is 31.5 Å². The highest BCUT2D eigenvalue weighted by Crippen LogP contribution is 2.37. The minimum Gasteiger partial charge on any atom is -0.355 e. The van der Waals surface area contributed by atoms with Crippen molar-refractivity contribution in [3.05, 3.63) is 45.4 Å². The Morgan fingerprint density at radius 1 is 1.33 bits per heavy atom. The molecule has 0 aliphatic carbocycles. The largest absolute Gasteiger partial charge is 0.355 e. The lowest BCUT2D eigenvalue weighted by Gasteiger charge is -2.20. The van der Waals surface area contributed by atoms with Crippen LogP contribution in [0.2, 0.25) is 0 Å². The first kappa shape index (κ1) is 18.1. The van der Waals surface area contributed by atoms with Crippen LogP contribution in [0, 0.1) is 12.3 Å². The number of hydrogen-bond acceptors (Lipinski definition) is 6. The van der Waals surface area contributed by atoms with Crippen molar-refractivity contribution in [2.24, 2.45) is 5.41 Å². The first-order chi connectivity index (χ1) is 13.0. The van der Waals surface area contributed by atoms with Crippen molar-refractivity contribution in [1.82, 2.24) is 25.7 Å². The molecule has 2 amide bonds. The summed E-state index contributed by atoms with van der Waals surface area (Å²) in [5.41, 5.74) is 2.33. The lowest BCUT2D eigenvalue weighted by molar-refractivity contribution is -0.119. The van der Waals surface area contributed by atoms with E-state index in [1.807, 2.05) is 31.2 Å². The van der Waals surface area contributed by atoms with Gasteiger partial charge < -0.3 is 10.6 Å². The first-order valence-electron chi connectivity index (χ1n) is 9.17. The van der Waals surface area contributed by atoms with Gasteiger partial charge in [0.2, 0.25) is 10.9 Å². The molecule has 2 aliphatic rings. The summed E-state index contributed by atoms with van der Waals surface area (Å²) in [6, 6.07) is 8.07. The normalized spacial score (nSPS) is 22.3. The van der Waals surface area contributed by atoms with Gasteiger partial charge >= 0.3 is 0 Å². The average molecular weight is 385 g/mol. The van der Waals surface area contributed by atoms with Gasteiger partial charge in [-0.05, 0) is 25.5 Å². The Hall–Kier alpha value is -2.32. The molecule has 3 heterocycles. The van der Waals surface area contributed by atoms with Gasteiger partial charge in [0.05, 0.1) is 6.54 Å². The molecule has 0 bridgehead atoms. The van der Waals surface area contributed by atoms with Crippen LogP contribution >= 0.6 is 11.3 Å². The van der Waals surface area contributed by atoms with Crippen LogP contribution in [-0.4, -0.2) is 46.5 Å². The third kappa shape index (κ3) is 4.17. The van der Waals surface area contributed by atoms with Gasteiger partial charge in [-0.15, -0.1) is 10.2 Å². The Balaban J connectivity index is 1.30. The first-order valence-corrected chi connectivity index (χ1v) is 9.98. The van der Waals surface area contributed by atoms with Gasteiger partial charge in [0.25, 0.3) is 5.91 Å². The molecule has 142 valence electrons. The lowest BCUT2D eigenvalue weighted by Crippen LogP contribution is -2.28. The van der Waals surface area contributed by atoms with Crippen molar-refractivity contribution in [3.8, 4) is 0 Å². The van der Waals surface area contributed by atoms with Crippen LogP contribution in [-0.2, 0) is 17.9 Å². The minimum atomic E-state index is -0.192. The van der Waals surface area contributed by atoms with Crippen molar-refractivity contribution < 1.29 is 9.59 Å². The van der Waals surface area contributed by atoms with E-state index in [2.05, 4.69) is 25.7 Å². The Morgan fingerprint density at radius 2 is 2.15 bits per heavy atom. The van der Waals surface area contributed by atoms with E-state index in [0.717, 1.165) is 36.6 Å². The number of rotatable bonds is 5. The molecule has 2 aliphatic heterocycles. The Kier molecular flexibility index (Phi) is 4.92. The quantitative estimate of drug-likeness (QED) is 0.814. The average Bonchev–Trinajstić information content (AvgIpc) is 3.36. The fourth-order valence-electron chi connectivity index (χ4n) is 3.77. The van der Waals surface area contributed by atoms with Gasteiger partial charge in [-0.25, -0.2) is 0 Å². The second-order valence-electron chi connectivity index (χ2n) is 7.58. The van der Waals surface area contributed by atoms with Crippen LogP contribution in [0.15, 0.2) is 24.3 Å². The van der Waals surface area contributed by atoms with E-state index in [4.69, 9.17) is 0 Å². The van der Waals surface area contributed by atoms with E-state index >= 15 is 0 Å². The van der Waals surface area contributed by atoms with Crippen molar-refractivity contribution in [2.45, 2.75) is 32.9 Å². The lowest BCUT2D eigenvalue weighted by atomic mass is 9.86. The maximum atomic E-state index is 12.3. The number of nitrogens with one attached hydrogen (secondary N) is 2. The molecule has 1 atom stereocenters. The van der Waals surface area contributed by atoms with Gasteiger partial charge in [0.1, 0.15) is 5.01 Å². The molecule has 8 heteroatoms. The highest BCUT2D eigenvalue weighted by molar-refractivity contribution is 7.13. The van der Waals surface area contributed by atoms with Crippen LogP contribution in [0.3, 0.4) is 0 Å². The smallest absolute Gasteiger partial charge is 0.282 e. The third-order valence-electron chi connectivity index (χ3n) is 5.31. The van der Waals surface area contributed by atoms with E-state index in [0.29, 0.717) is 24.5 Å². The molecule has 0 radical (unpaired) electrons. The fraction of sp³-hybridized carbons (Fsp3) is 0.474. The Bertz CT molecular complexity index is 850. The summed E-state index contributed by atoms with van der Waals surface area (Å²) in [7, 11) is 0. The summed E-state index contributed by atoms with van der Waals surface area (Å²) < 4.78 is 0. The maximum absolute atomic E-state index is 12.3. The molecular formula is C19H23N5O2S.